The van der Waals surface area contributed by atoms with Gasteiger partial charge < -0.3 is 15.4 Å². The van der Waals surface area contributed by atoms with E-state index in [0.717, 1.165) is 5.69 Å². The average Bonchev–Trinajstić information content (AvgIpc) is 3.31. The van der Waals surface area contributed by atoms with Crippen LogP contribution in [0, 0.1) is 6.92 Å². The van der Waals surface area contributed by atoms with Gasteiger partial charge >= 0.3 is 6.18 Å². The molecule has 2 heterocycles. The minimum Gasteiger partial charge on any atom is -0.367 e. The van der Waals surface area contributed by atoms with Crippen molar-refractivity contribution in [2.75, 3.05) is 17.2 Å². The summed E-state index contributed by atoms with van der Waals surface area (Å²) in [6, 6.07) is 6.02. The van der Waals surface area contributed by atoms with E-state index in [1.807, 2.05) is 0 Å². The fourth-order valence-electron chi connectivity index (χ4n) is 3.04. The lowest BCUT2D eigenvalue weighted by molar-refractivity contribution is -0.176. The molecule has 3 aromatic rings. The van der Waals surface area contributed by atoms with E-state index in [4.69, 9.17) is 0 Å². The van der Waals surface area contributed by atoms with Crippen LogP contribution in [0.5, 0.6) is 0 Å². The Hall–Kier alpha value is -3.67. The maximum absolute atomic E-state index is 12.9. The van der Waals surface area contributed by atoms with Gasteiger partial charge in [0, 0.05) is 19.2 Å². The first-order chi connectivity index (χ1) is 15.6. The highest BCUT2D eigenvalue weighted by Gasteiger charge is 2.27. The normalized spacial score (nSPS) is 11.5. The molecule has 3 rings (SSSR count). The fourth-order valence-corrected chi connectivity index (χ4v) is 3.04. The molecule has 2 aromatic heterocycles. The first-order valence-corrected chi connectivity index (χ1v) is 9.99. The number of anilines is 2. The van der Waals surface area contributed by atoms with Crippen LogP contribution in [-0.4, -0.2) is 44.2 Å². The van der Waals surface area contributed by atoms with Gasteiger partial charge in [0.15, 0.2) is 0 Å². The Labute approximate surface area is 187 Å². The van der Waals surface area contributed by atoms with Crippen LogP contribution in [0.15, 0.2) is 36.7 Å². The number of benzene rings is 1. The molecule has 176 valence electrons. The van der Waals surface area contributed by atoms with Crippen LogP contribution in [0.2, 0.25) is 0 Å². The molecule has 0 aliphatic carbocycles. The molecule has 0 atom stereocenters. The zero-order valence-electron chi connectivity index (χ0n) is 18.2. The summed E-state index contributed by atoms with van der Waals surface area (Å²) in [6.45, 7) is 2.31. The van der Waals surface area contributed by atoms with Crippen molar-refractivity contribution in [1.82, 2.24) is 19.6 Å². The smallest absolute Gasteiger partial charge is 0.367 e. The van der Waals surface area contributed by atoms with Crippen LogP contribution in [-0.2, 0) is 24.9 Å². The van der Waals surface area contributed by atoms with E-state index in [-0.39, 0.29) is 23.6 Å². The van der Waals surface area contributed by atoms with Crippen molar-refractivity contribution in [2.45, 2.75) is 33.2 Å². The summed E-state index contributed by atoms with van der Waals surface area (Å²) < 4.78 is 44.5. The van der Waals surface area contributed by atoms with Crippen molar-refractivity contribution >= 4 is 23.2 Å². The third kappa shape index (κ3) is 5.98. The number of rotatable bonds is 8. The lowest BCUT2D eigenvalue weighted by atomic mass is 10.1. The van der Waals surface area contributed by atoms with Gasteiger partial charge in [-0.2, -0.15) is 23.4 Å². The SMILES string of the molecule is CCn1ncc(NC(=O)c2cccc(COCC(F)(F)F)c2)c1C(=O)Nc1cnn(C)c1C. The second-order valence-electron chi connectivity index (χ2n) is 7.21. The van der Waals surface area contributed by atoms with Gasteiger partial charge in [-0.25, -0.2) is 0 Å². The summed E-state index contributed by atoms with van der Waals surface area (Å²) in [7, 11) is 1.75. The first kappa shape index (κ1) is 24.0. The van der Waals surface area contributed by atoms with Crippen LogP contribution in [0.25, 0.3) is 0 Å². The molecule has 0 radical (unpaired) electrons. The number of hydrogen-bond donors (Lipinski definition) is 2. The second kappa shape index (κ2) is 9.86. The summed E-state index contributed by atoms with van der Waals surface area (Å²) in [5.74, 6) is -1.02. The largest absolute Gasteiger partial charge is 0.411 e. The predicted molar refractivity (Wildman–Crippen MR) is 114 cm³/mol. The molecule has 0 aliphatic rings. The van der Waals surface area contributed by atoms with Gasteiger partial charge in [-0.05, 0) is 31.5 Å². The Morgan fingerprint density at radius 2 is 1.79 bits per heavy atom. The van der Waals surface area contributed by atoms with Gasteiger partial charge in [-0.3, -0.25) is 19.0 Å². The number of nitrogens with zero attached hydrogens (tertiary/aromatic N) is 4. The average molecular weight is 464 g/mol. The van der Waals surface area contributed by atoms with Crippen molar-refractivity contribution in [2.24, 2.45) is 7.05 Å². The summed E-state index contributed by atoms with van der Waals surface area (Å²) in [5.41, 5.74) is 2.22. The zero-order chi connectivity index (χ0) is 24.2. The highest BCUT2D eigenvalue weighted by molar-refractivity contribution is 6.11. The molecule has 0 unspecified atom stereocenters. The van der Waals surface area contributed by atoms with E-state index in [1.54, 1.807) is 31.6 Å². The Bertz CT molecular complexity index is 1150. The number of aromatic nitrogens is 4. The zero-order valence-corrected chi connectivity index (χ0v) is 18.2. The number of carbonyl (C=O) groups excluding carboxylic acids is 2. The first-order valence-electron chi connectivity index (χ1n) is 9.99. The third-order valence-electron chi connectivity index (χ3n) is 4.81. The summed E-state index contributed by atoms with van der Waals surface area (Å²) in [4.78, 5) is 25.7. The predicted octanol–water partition coefficient (Wildman–Crippen LogP) is 3.53. The third-order valence-corrected chi connectivity index (χ3v) is 4.81. The number of hydrogen-bond acceptors (Lipinski definition) is 5. The topological polar surface area (TPSA) is 103 Å². The second-order valence-corrected chi connectivity index (χ2v) is 7.21. The van der Waals surface area contributed by atoms with Crippen LogP contribution < -0.4 is 10.6 Å². The highest BCUT2D eigenvalue weighted by Crippen LogP contribution is 2.21. The number of amides is 2. The van der Waals surface area contributed by atoms with Gasteiger partial charge in [-0.15, -0.1) is 0 Å². The molecule has 33 heavy (non-hydrogen) atoms. The van der Waals surface area contributed by atoms with E-state index in [1.165, 1.54) is 35.3 Å². The fraction of sp³-hybridized carbons (Fsp3) is 0.333. The van der Waals surface area contributed by atoms with E-state index in [0.29, 0.717) is 17.8 Å². The van der Waals surface area contributed by atoms with Crippen molar-refractivity contribution in [3.8, 4) is 0 Å². The van der Waals surface area contributed by atoms with E-state index in [9.17, 15) is 22.8 Å². The number of aryl methyl sites for hydroxylation is 2. The summed E-state index contributed by atoms with van der Waals surface area (Å²) in [6.07, 6.45) is -1.55. The van der Waals surface area contributed by atoms with Gasteiger partial charge in [0.25, 0.3) is 11.8 Å². The lowest BCUT2D eigenvalue weighted by Crippen LogP contribution is -2.21. The van der Waals surface area contributed by atoms with Gasteiger partial charge in [0.1, 0.15) is 12.3 Å². The molecule has 9 nitrogen and oxygen atoms in total. The number of carbonyl (C=O) groups is 2. The minimum absolute atomic E-state index is 0.152. The van der Waals surface area contributed by atoms with Crippen LogP contribution in [0.4, 0.5) is 24.5 Å². The number of ether oxygens (including phenoxy) is 1. The summed E-state index contributed by atoms with van der Waals surface area (Å²) in [5, 5.41) is 13.6. The lowest BCUT2D eigenvalue weighted by Gasteiger charge is -2.11. The van der Waals surface area contributed by atoms with Crippen molar-refractivity contribution in [3.05, 3.63) is 59.2 Å². The van der Waals surface area contributed by atoms with E-state index >= 15 is 0 Å². The molecule has 0 aliphatic heterocycles. The van der Waals surface area contributed by atoms with Crippen molar-refractivity contribution in [3.63, 3.8) is 0 Å². The maximum Gasteiger partial charge on any atom is 0.411 e. The van der Waals surface area contributed by atoms with Crippen molar-refractivity contribution < 1.29 is 27.5 Å². The maximum atomic E-state index is 12.9. The molecule has 12 heteroatoms. The van der Waals surface area contributed by atoms with Crippen LogP contribution in [0.1, 0.15) is 39.0 Å². The molecule has 0 spiro atoms. The molecule has 2 amide bonds. The number of nitrogens with one attached hydrogen (secondary N) is 2. The molecule has 2 N–H and O–H groups in total. The molecule has 1 aromatic carbocycles. The van der Waals surface area contributed by atoms with Crippen molar-refractivity contribution in [1.29, 1.82) is 0 Å². The summed E-state index contributed by atoms with van der Waals surface area (Å²) >= 11 is 0. The minimum atomic E-state index is -4.43. The van der Waals surface area contributed by atoms with E-state index in [2.05, 4.69) is 25.6 Å². The van der Waals surface area contributed by atoms with Gasteiger partial charge in [0.2, 0.25) is 0 Å². The number of alkyl halides is 3. The Morgan fingerprint density at radius 1 is 1.09 bits per heavy atom. The molecule has 0 saturated carbocycles. The Kier molecular flexibility index (Phi) is 7.16. The molecular formula is C21H23F3N6O3. The molecule has 0 fully saturated rings. The monoisotopic (exact) mass is 464 g/mol. The highest BCUT2D eigenvalue weighted by atomic mass is 19.4. The molecule has 0 bridgehead atoms. The number of halogens is 3. The van der Waals surface area contributed by atoms with Gasteiger partial charge in [0.05, 0.1) is 36.1 Å². The Balaban J connectivity index is 1.75. The van der Waals surface area contributed by atoms with Crippen LogP contribution in [0.3, 0.4) is 0 Å². The van der Waals surface area contributed by atoms with Gasteiger partial charge in [-0.1, -0.05) is 12.1 Å². The van der Waals surface area contributed by atoms with Crippen LogP contribution >= 0.6 is 0 Å². The standard InChI is InChI=1S/C21H23F3N6O3/c1-4-30-18(20(32)27-16-9-25-29(3)13(16)2)17(10-26-30)28-19(31)15-7-5-6-14(8-15)11-33-12-21(22,23)24/h5-10H,4,11-12H2,1-3H3,(H,27,32)(H,28,31). The molecular weight excluding hydrogens is 441 g/mol. The van der Waals surface area contributed by atoms with E-state index < -0.39 is 24.6 Å². The quantitative estimate of drug-likeness (QED) is 0.531. The Morgan fingerprint density at radius 3 is 2.42 bits per heavy atom. The molecule has 0 saturated heterocycles.